The Labute approximate surface area is 617 Å². The molecule has 0 amide bonds. The molecule has 0 saturated heterocycles. The lowest BCUT2D eigenvalue weighted by atomic mass is 9.93. The first-order valence-corrected chi connectivity index (χ1v) is 36.0. The number of para-hydroxylation sites is 3. The molecule has 4 heterocycles. The van der Waals surface area contributed by atoms with Crippen molar-refractivity contribution < 1.29 is 4.42 Å². The van der Waals surface area contributed by atoms with Crippen molar-refractivity contribution in [2.45, 2.75) is 0 Å². The fourth-order valence-electron chi connectivity index (χ4n) is 16.1. The standard InChI is InChI=1S/C98H61N5O5/c104-95-85-61-89-84(82-41-18-20-43-86(82)99(89)77-38-14-5-15-39-77)60-90(85)101(79-55-71(62-25-6-1-7-26-62)51-72(56-79)63-27-8-2-9-28-63)97(106)102(95)80-57-74(65-31-12-4-13-32-65)53-76(59-80)70-37-23-35-68(50-70)67-34-22-36-69(49-67)75-52-73(64-29-10-3-11-30-64)54-78(58-75)100-88-48-47-66-33-16-17-40-81(66)94(88)96(105)103(98(100)107)87-44-24-46-92-93(87)83-42-19-21-45-91(83)108-92/h1-61H. The van der Waals surface area contributed by atoms with E-state index >= 15 is 19.2 Å². The molecule has 0 radical (unpaired) electrons. The fraction of sp³-hybridized carbons (Fsp3) is 0. The van der Waals surface area contributed by atoms with Crippen molar-refractivity contribution >= 4 is 76.3 Å². The van der Waals surface area contributed by atoms with Gasteiger partial charge >= 0.3 is 11.4 Å². The second kappa shape index (κ2) is 25.6. The van der Waals surface area contributed by atoms with E-state index in [0.29, 0.717) is 61.1 Å². The summed E-state index contributed by atoms with van der Waals surface area (Å²) >= 11 is 0. The van der Waals surface area contributed by atoms with Gasteiger partial charge in [0.25, 0.3) is 11.1 Å². The Morgan fingerprint density at radius 3 is 1.14 bits per heavy atom. The van der Waals surface area contributed by atoms with Gasteiger partial charge in [0.1, 0.15) is 11.2 Å². The predicted molar refractivity (Wildman–Crippen MR) is 441 cm³/mol. The van der Waals surface area contributed by atoms with E-state index in [0.717, 1.165) is 122 Å². The van der Waals surface area contributed by atoms with Crippen LogP contribution in [-0.2, 0) is 0 Å². The van der Waals surface area contributed by atoms with Gasteiger partial charge in [-0.05, 0) is 210 Å². The highest BCUT2D eigenvalue weighted by molar-refractivity contribution is 6.14. The van der Waals surface area contributed by atoms with E-state index in [9.17, 15) is 0 Å². The van der Waals surface area contributed by atoms with Crippen molar-refractivity contribution in [3.63, 3.8) is 0 Å². The normalized spacial score (nSPS) is 11.7. The molecule has 0 atom stereocenters. The van der Waals surface area contributed by atoms with Gasteiger partial charge in [-0.2, -0.15) is 0 Å². The quantitative estimate of drug-likeness (QED) is 0.113. The zero-order valence-corrected chi connectivity index (χ0v) is 58.0. The van der Waals surface area contributed by atoms with Crippen LogP contribution in [0.25, 0.3) is 183 Å². The van der Waals surface area contributed by atoms with Gasteiger partial charge in [-0.25, -0.2) is 18.7 Å². The van der Waals surface area contributed by atoms with Gasteiger partial charge in [0.2, 0.25) is 0 Å². The summed E-state index contributed by atoms with van der Waals surface area (Å²) in [5.41, 5.74) is 17.4. The SMILES string of the molecule is O=c1c2cc3c(cc2n(-c2cc(-c4ccccc4)cc(-c4ccccc4)c2)c(=O)n1-c1cc(-c2ccccc2)cc(-c2cccc(-c4cccc(-c5cc(-c6ccccc6)cc(-n6c(=O)n(-c7cccc8oc9ccccc9c78)c(=O)c7c8ccccc8ccc76)c5)c4)c2)c1)c1ccccc1n3-c1ccccc1. The zero-order chi connectivity index (χ0) is 72.1. The predicted octanol–water partition coefficient (Wildman–Crippen LogP) is 22.4. The monoisotopic (exact) mass is 1390 g/mol. The lowest BCUT2D eigenvalue weighted by Crippen LogP contribution is -2.38. The van der Waals surface area contributed by atoms with Crippen LogP contribution < -0.4 is 22.5 Å². The van der Waals surface area contributed by atoms with Crippen LogP contribution in [0.1, 0.15) is 0 Å². The van der Waals surface area contributed by atoms with Gasteiger partial charge in [0.15, 0.2) is 0 Å². The number of furan rings is 1. The van der Waals surface area contributed by atoms with E-state index in [1.807, 2.05) is 243 Å². The molecule has 20 aromatic rings. The molecule has 108 heavy (non-hydrogen) atoms. The molecule has 10 nitrogen and oxygen atoms in total. The Morgan fingerprint density at radius 1 is 0.194 bits per heavy atom. The topological polar surface area (TPSA) is 106 Å². The van der Waals surface area contributed by atoms with Crippen molar-refractivity contribution in [3.05, 3.63) is 412 Å². The molecule has 0 aliphatic carbocycles. The summed E-state index contributed by atoms with van der Waals surface area (Å²) in [6, 6.07) is 123. The largest absolute Gasteiger partial charge is 0.456 e. The number of hydrogen-bond acceptors (Lipinski definition) is 5. The zero-order valence-electron chi connectivity index (χ0n) is 58.0. The minimum absolute atomic E-state index is 0.360. The minimum atomic E-state index is -0.534. The smallest absolute Gasteiger partial charge is 0.340 e. The number of nitrogens with zero attached hydrogens (tertiary/aromatic N) is 5. The highest BCUT2D eigenvalue weighted by Crippen LogP contribution is 2.41. The maximum absolute atomic E-state index is 16.6. The van der Waals surface area contributed by atoms with E-state index in [-0.39, 0.29) is 0 Å². The number of hydrogen-bond donors (Lipinski definition) is 0. The van der Waals surface area contributed by atoms with Gasteiger partial charge in [-0.15, -0.1) is 0 Å². The lowest BCUT2D eigenvalue weighted by Gasteiger charge is -2.19. The van der Waals surface area contributed by atoms with Gasteiger partial charge in [-0.1, -0.05) is 249 Å². The Hall–Kier alpha value is -14.7. The summed E-state index contributed by atoms with van der Waals surface area (Å²) in [7, 11) is 0. The van der Waals surface area contributed by atoms with Crippen LogP contribution in [0.4, 0.5) is 0 Å². The van der Waals surface area contributed by atoms with Crippen molar-refractivity contribution in [1.82, 2.24) is 22.8 Å². The molecule has 0 fully saturated rings. The molecular weight excluding hydrogens is 1330 g/mol. The lowest BCUT2D eigenvalue weighted by molar-refractivity contribution is 0.668. The Balaban J connectivity index is 0.772. The van der Waals surface area contributed by atoms with E-state index in [1.54, 1.807) is 9.13 Å². The van der Waals surface area contributed by atoms with Crippen LogP contribution in [0.15, 0.2) is 394 Å². The molecule has 16 aromatic carbocycles. The van der Waals surface area contributed by atoms with Crippen molar-refractivity contribution in [3.8, 4) is 106 Å². The second-order valence-corrected chi connectivity index (χ2v) is 27.5. The molecule has 0 saturated carbocycles. The third-order valence-corrected chi connectivity index (χ3v) is 21.1. The Bertz CT molecular complexity index is 7260. The van der Waals surface area contributed by atoms with Crippen LogP contribution in [0.5, 0.6) is 0 Å². The molecule has 0 aliphatic heterocycles. The van der Waals surface area contributed by atoms with Gasteiger partial charge in [-0.3, -0.25) is 18.7 Å². The number of rotatable bonds is 12. The third kappa shape index (κ3) is 10.6. The van der Waals surface area contributed by atoms with E-state index in [2.05, 4.69) is 132 Å². The maximum atomic E-state index is 16.6. The van der Waals surface area contributed by atoms with Crippen LogP contribution in [0.3, 0.4) is 0 Å². The van der Waals surface area contributed by atoms with Gasteiger partial charge < -0.3 is 8.98 Å². The first-order chi connectivity index (χ1) is 53.2. The molecule has 0 unspecified atom stereocenters. The van der Waals surface area contributed by atoms with Crippen molar-refractivity contribution in [1.29, 1.82) is 0 Å². The van der Waals surface area contributed by atoms with E-state index < -0.39 is 22.5 Å². The highest BCUT2D eigenvalue weighted by atomic mass is 16.3. The average molecular weight is 1390 g/mol. The molecule has 0 bridgehead atoms. The Morgan fingerprint density at radius 2 is 0.583 bits per heavy atom. The molecule has 0 aliphatic rings. The molecule has 508 valence electrons. The molecule has 0 N–H and O–H groups in total. The van der Waals surface area contributed by atoms with Crippen molar-refractivity contribution in [2.24, 2.45) is 0 Å². The average Bonchev–Trinajstić information content (AvgIpc) is 1.30. The van der Waals surface area contributed by atoms with E-state index in [4.69, 9.17) is 4.42 Å². The molecular formula is C98H61N5O5. The summed E-state index contributed by atoms with van der Waals surface area (Å²) in [6.07, 6.45) is 0. The summed E-state index contributed by atoms with van der Waals surface area (Å²) in [5, 5.41) is 5.69. The van der Waals surface area contributed by atoms with Crippen molar-refractivity contribution in [2.75, 3.05) is 0 Å². The summed E-state index contributed by atoms with van der Waals surface area (Å²) in [6.45, 7) is 0. The minimum Gasteiger partial charge on any atom is -0.456 e. The van der Waals surface area contributed by atoms with E-state index in [1.165, 1.54) is 9.13 Å². The first-order valence-electron chi connectivity index (χ1n) is 36.0. The molecule has 20 rings (SSSR count). The first kappa shape index (κ1) is 63.0. The van der Waals surface area contributed by atoms with Crippen LogP contribution in [0, 0.1) is 0 Å². The summed E-state index contributed by atoms with van der Waals surface area (Å²) in [4.78, 5) is 64.4. The maximum Gasteiger partial charge on any atom is 0.340 e. The molecule has 10 heteroatoms. The van der Waals surface area contributed by atoms with Gasteiger partial charge in [0, 0.05) is 21.8 Å². The number of benzene rings is 16. The highest BCUT2D eigenvalue weighted by Gasteiger charge is 2.26. The summed E-state index contributed by atoms with van der Waals surface area (Å²) < 4.78 is 14.6. The van der Waals surface area contributed by atoms with Gasteiger partial charge in [0.05, 0.1) is 61.0 Å². The molecule has 4 aromatic heterocycles. The molecule has 0 spiro atoms. The Kier molecular flexibility index (Phi) is 14.9. The van der Waals surface area contributed by atoms with Crippen LogP contribution >= 0.6 is 0 Å². The fourth-order valence-corrected chi connectivity index (χ4v) is 16.1. The van der Waals surface area contributed by atoms with Crippen LogP contribution in [-0.4, -0.2) is 22.8 Å². The number of aromatic nitrogens is 5. The summed E-state index contributed by atoms with van der Waals surface area (Å²) in [5.74, 6) is 0. The third-order valence-electron chi connectivity index (χ3n) is 21.1. The van der Waals surface area contributed by atoms with Crippen LogP contribution in [0.2, 0.25) is 0 Å². The number of fused-ring (bicyclic) bond motifs is 10. The second-order valence-electron chi connectivity index (χ2n) is 27.5.